The van der Waals surface area contributed by atoms with Crippen LogP contribution in [0.4, 0.5) is 0 Å². The molecular weight excluding hydrogens is 368 g/mol. The average Bonchev–Trinajstić information content (AvgIpc) is 3.15. The highest BCUT2D eigenvalue weighted by Crippen LogP contribution is 2.26. The molecule has 0 bridgehead atoms. The van der Waals surface area contributed by atoms with Crippen LogP contribution in [0.5, 0.6) is 0 Å². The van der Waals surface area contributed by atoms with Gasteiger partial charge >= 0.3 is 0 Å². The first-order valence-corrected chi connectivity index (χ1v) is 9.96. The summed E-state index contributed by atoms with van der Waals surface area (Å²) in [6.45, 7) is 2.66. The number of pyridine rings is 2. The van der Waals surface area contributed by atoms with Crippen molar-refractivity contribution in [1.29, 1.82) is 0 Å². The van der Waals surface area contributed by atoms with E-state index in [1.165, 1.54) is 4.88 Å². The number of carbonyl (C=O) groups excluding carboxylic acids is 1. The SMILES string of the molecule is Cc1ncsc1CCN(C)C(=O)c1cccc(-c2nccc3ncccc23)c1. The van der Waals surface area contributed by atoms with Gasteiger partial charge in [0.05, 0.1) is 22.4 Å². The van der Waals surface area contributed by atoms with E-state index in [0.717, 1.165) is 34.3 Å². The fourth-order valence-electron chi connectivity index (χ4n) is 3.19. The van der Waals surface area contributed by atoms with Crippen LogP contribution in [0.2, 0.25) is 0 Å². The maximum absolute atomic E-state index is 12.9. The number of benzene rings is 1. The van der Waals surface area contributed by atoms with Gasteiger partial charge in [0.2, 0.25) is 0 Å². The number of thiazole rings is 1. The van der Waals surface area contributed by atoms with Gasteiger partial charge in [0.15, 0.2) is 0 Å². The van der Waals surface area contributed by atoms with E-state index in [4.69, 9.17) is 0 Å². The van der Waals surface area contributed by atoms with Crippen LogP contribution >= 0.6 is 11.3 Å². The molecule has 1 amide bonds. The number of hydrogen-bond acceptors (Lipinski definition) is 5. The smallest absolute Gasteiger partial charge is 0.253 e. The minimum atomic E-state index is 0.00220. The molecule has 0 aliphatic carbocycles. The predicted octanol–water partition coefficient (Wildman–Crippen LogP) is 4.38. The van der Waals surface area contributed by atoms with Crippen LogP contribution in [0.1, 0.15) is 20.9 Å². The zero-order valence-corrected chi connectivity index (χ0v) is 16.6. The molecular formula is C22H20N4OS. The van der Waals surface area contributed by atoms with E-state index in [2.05, 4.69) is 15.0 Å². The highest BCUT2D eigenvalue weighted by molar-refractivity contribution is 7.09. The second kappa shape index (κ2) is 7.86. The molecule has 0 fully saturated rings. The lowest BCUT2D eigenvalue weighted by Gasteiger charge is -2.17. The van der Waals surface area contributed by atoms with E-state index in [9.17, 15) is 4.79 Å². The molecule has 3 heterocycles. The molecule has 28 heavy (non-hydrogen) atoms. The van der Waals surface area contributed by atoms with Gasteiger partial charge in [-0.1, -0.05) is 12.1 Å². The maximum Gasteiger partial charge on any atom is 0.253 e. The molecule has 0 N–H and O–H groups in total. The zero-order valence-electron chi connectivity index (χ0n) is 15.8. The third-order valence-corrected chi connectivity index (χ3v) is 5.77. The van der Waals surface area contributed by atoms with Crippen molar-refractivity contribution in [3.63, 3.8) is 0 Å². The third kappa shape index (κ3) is 3.64. The first-order valence-electron chi connectivity index (χ1n) is 9.08. The highest BCUT2D eigenvalue weighted by atomic mass is 32.1. The van der Waals surface area contributed by atoms with Gasteiger partial charge < -0.3 is 4.90 Å². The first kappa shape index (κ1) is 18.3. The Kier molecular flexibility index (Phi) is 5.12. The lowest BCUT2D eigenvalue weighted by molar-refractivity contribution is 0.0797. The van der Waals surface area contributed by atoms with Gasteiger partial charge in [0, 0.05) is 53.8 Å². The largest absolute Gasteiger partial charge is 0.341 e. The number of hydrogen-bond donors (Lipinski definition) is 0. The number of nitrogens with zero attached hydrogens (tertiary/aromatic N) is 4. The van der Waals surface area contributed by atoms with Gasteiger partial charge in [-0.15, -0.1) is 11.3 Å². The van der Waals surface area contributed by atoms with Gasteiger partial charge in [-0.3, -0.25) is 14.8 Å². The Morgan fingerprint density at radius 1 is 1.07 bits per heavy atom. The summed E-state index contributed by atoms with van der Waals surface area (Å²) >= 11 is 1.64. The molecule has 1 aromatic carbocycles. The van der Waals surface area contributed by atoms with Crippen LogP contribution < -0.4 is 0 Å². The molecule has 0 atom stereocenters. The maximum atomic E-state index is 12.9. The van der Waals surface area contributed by atoms with Crippen molar-refractivity contribution in [1.82, 2.24) is 19.9 Å². The molecule has 0 saturated carbocycles. The summed E-state index contributed by atoms with van der Waals surface area (Å²) < 4.78 is 0. The standard InChI is InChI=1S/C22H20N4OS/c1-15-20(28-14-25-15)9-12-26(2)22(27)17-6-3-5-16(13-17)21-18-7-4-10-23-19(18)8-11-24-21/h3-8,10-11,13-14H,9,12H2,1-2H3. The molecule has 0 saturated heterocycles. The van der Waals surface area contributed by atoms with E-state index >= 15 is 0 Å². The monoisotopic (exact) mass is 388 g/mol. The minimum absolute atomic E-state index is 0.00220. The van der Waals surface area contributed by atoms with Crippen LogP contribution in [-0.4, -0.2) is 39.4 Å². The summed E-state index contributed by atoms with van der Waals surface area (Å²) in [5.74, 6) is 0.00220. The fraction of sp³-hybridized carbons (Fsp3) is 0.182. The van der Waals surface area contributed by atoms with E-state index in [-0.39, 0.29) is 5.91 Å². The molecule has 3 aromatic heterocycles. The second-order valence-corrected chi connectivity index (χ2v) is 7.59. The Morgan fingerprint density at radius 3 is 2.79 bits per heavy atom. The second-order valence-electron chi connectivity index (χ2n) is 6.65. The van der Waals surface area contributed by atoms with Crippen LogP contribution in [0.15, 0.2) is 60.4 Å². The lowest BCUT2D eigenvalue weighted by atomic mass is 10.0. The molecule has 0 radical (unpaired) electrons. The number of aryl methyl sites for hydroxylation is 1. The van der Waals surface area contributed by atoms with E-state index < -0.39 is 0 Å². The summed E-state index contributed by atoms with van der Waals surface area (Å²) in [6, 6.07) is 13.4. The van der Waals surface area contributed by atoms with Gasteiger partial charge in [-0.2, -0.15) is 0 Å². The van der Waals surface area contributed by atoms with Crippen molar-refractivity contribution < 1.29 is 4.79 Å². The molecule has 140 valence electrons. The Balaban J connectivity index is 1.57. The molecule has 0 spiro atoms. The Labute approximate surface area is 167 Å². The Hall–Kier alpha value is -3.12. The molecule has 0 unspecified atom stereocenters. The lowest BCUT2D eigenvalue weighted by Crippen LogP contribution is -2.28. The number of rotatable bonds is 5. The number of fused-ring (bicyclic) bond motifs is 1. The Morgan fingerprint density at radius 2 is 1.96 bits per heavy atom. The minimum Gasteiger partial charge on any atom is -0.341 e. The summed E-state index contributed by atoms with van der Waals surface area (Å²) in [5, 5.41) is 0.976. The number of likely N-dealkylation sites (N-methyl/N-ethyl adjacent to an activating group) is 1. The van der Waals surface area contributed by atoms with Crippen molar-refractivity contribution in [2.45, 2.75) is 13.3 Å². The van der Waals surface area contributed by atoms with Crippen molar-refractivity contribution in [3.8, 4) is 11.3 Å². The molecule has 4 rings (SSSR count). The summed E-state index contributed by atoms with van der Waals surface area (Å²) in [5.41, 5.74) is 6.19. The summed E-state index contributed by atoms with van der Waals surface area (Å²) in [7, 11) is 1.84. The van der Waals surface area contributed by atoms with Crippen LogP contribution in [0, 0.1) is 6.92 Å². The van der Waals surface area contributed by atoms with Crippen molar-refractivity contribution in [3.05, 3.63) is 76.5 Å². The van der Waals surface area contributed by atoms with Crippen LogP contribution in [0.25, 0.3) is 22.2 Å². The summed E-state index contributed by atoms with van der Waals surface area (Å²) in [4.78, 5) is 29.1. The van der Waals surface area contributed by atoms with E-state index in [1.807, 2.05) is 61.9 Å². The highest BCUT2D eigenvalue weighted by Gasteiger charge is 2.14. The molecule has 4 aromatic rings. The zero-order chi connectivity index (χ0) is 19.5. The summed E-state index contributed by atoms with van der Waals surface area (Å²) in [6.07, 6.45) is 4.34. The molecule has 5 nitrogen and oxygen atoms in total. The normalized spacial score (nSPS) is 10.9. The molecule has 6 heteroatoms. The number of carbonyl (C=O) groups is 1. The Bertz CT molecular complexity index is 1130. The molecule has 0 aliphatic heterocycles. The van der Waals surface area contributed by atoms with E-state index in [0.29, 0.717) is 12.1 Å². The predicted molar refractivity (Wildman–Crippen MR) is 112 cm³/mol. The van der Waals surface area contributed by atoms with Gasteiger partial charge in [-0.25, -0.2) is 4.98 Å². The first-order chi connectivity index (χ1) is 13.6. The van der Waals surface area contributed by atoms with Crippen LogP contribution in [0.3, 0.4) is 0 Å². The quantitative estimate of drug-likeness (QED) is 0.509. The number of amides is 1. The fourth-order valence-corrected chi connectivity index (χ4v) is 3.96. The molecule has 0 aliphatic rings. The van der Waals surface area contributed by atoms with Gasteiger partial charge in [0.25, 0.3) is 5.91 Å². The number of aromatic nitrogens is 3. The topological polar surface area (TPSA) is 59.0 Å². The van der Waals surface area contributed by atoms with Gasteiger partial charge in [0.1, 0.15) is 0 Å². The third-order valence-electron chi connectivity index (χ3n) is 4.78. The van der Waals surface area contributed by atoms with Crippen LogP contribution in [-0.2, 0) is 6.42 Å². The van der Waals surface area contributed by atoms with Crippen molar-refractivity contribution in [2.24, 2.45) is 0 Å². The van der Waals surface area contributed by atoms with Gasteiger partial charge in [-0.05, 0) is 37.3 Å². The van der Waals surface area contributed by atoms with Crippen molar-refractivity contribution in [2.75, 3.05) is 13.6 Å². The average molecular weight is 388 g/mol. The van der Waals surface area contributed by atoms with E-state index in [1.54, 1.807) is 28.6 Å². The van der Waals surface area contributed by atoms with Crippen molar-refractivity contribution >= 4 is 28.1 Å².